The van der Waals surface area contributed by atoms with E-state index in [9.17, 15) is 4.79 Å². The quantitative estimate of drug-likeness (QED) is 0.573. The number of carbonyl (C=O) groups is 1. The van der Waals surface area contributed by atoms with Crippen molar-refractivity contribution in [3.63, 3.8) is 0 Å². The summed E-state index contributed by atoms with van der Waals surface area (Å²) in [5.74, 6) is 1.79. The summed E-state index contributed by atoms with van der Waals surface area (Å²) in [6.07, 6.45) is 5.03. The molecule has 0 radical (unpaired) electrons. The van der Waals surface area contributed by atoms with Crippen LogP contribution in [-0.4, -0.2) is 48.7 Å². The van der Waals surface area contributed by atoms with Crippen LogP contribution in [0, 0.1) is 5.92 Å². The van der Waals surface area contributed by atoms with Gasteiger partial charge in [0.25, 0.3) is 0 Å². The predicted molar refractivity (Wildman–Crippen MR) is 99.6 cm³/mol. The van der Waals surface area contributed by atoms with Gasteiger partial charge in [0, 0.05) is 31.5 Å². The van der Waals surface area contributed by atoms with Crippen molar-refractivity contribution in [3.8, 4) is 5.82 Å². The Bertz CT molecular complexity index is 1060. The minimum absolute atomic E-state index is 0.0494. The first-order valence-electron chi connectivity index (χ1n) is 8.59. The summed E-state index contributed by atoms with van der Waals surface area (Å²) >= 11 is 0. The third-order valence-corrected chi connectivity index (χ3v) is 4.58. The molecule has 0 saturated carbocycles. The Morgan fingerprint density at radius 1 is 1.15 bits per heavy atom. The summed E-state index contributed by atoms with van der Waals surface area (Å²) in [7, 11) is 0. The van der Waals surface area contributed by atoms with E-state index in [1.807, 2.05) is 47.5 Å². The molecule has 0 aliphatic carbocycles. The van der Waals surface area contributed by atoms with Crippen molar-refractivity contribution in [3.05, 3.63) is 55.1 Å². The first-order valence-corrected chi connectivity index (χ1v) is 8.59. The highest BCUT2D eigenvalue weighted by atomic mass is 16.2. The van der Waals surface area contributed by atoms with Crippen LogP contribution < -0.4 is 10.2 Å². The number of hydrogen-bond donors (Lipinski definition) is 2. The molecule has 1 saturated heterocycles. The zero-order valence-electron chi connectivity index (χ0n) is 14.3. The highest BCUT2D eigenvalue weighted by Gasteiger charge is 2.34. The van der Waals surface area contributed by atoms with E-state index in [0.717, 1.165) is 16.9 Å². The molecule has 27 heavy (non-hydrogen) atoms. The van der Waals surface area contributed by atoms with Crippen LogP contribution >= 0.6 is 0 Å². The summed E-state index contributed by atoms with van der Waals surface area (Å²) in [5.41, 5.74) is 1.73. The number of benzene rings is 1. The summed E-state index contributed by atoms with van der Waals surface area (Å²) < 4.78 is 1.68. The normalized spacial score (nSPS) is 14.3. The molecule has 1 amide bonds. The second-order valence-corrected chi connectivity index (χ2v) is 6.38. The van der Waals surface area contributed by atoms with Gasteiger partial charge in [-0.05, 0) is 18.2 Å². The Kier molecular flexibility index (Phi) is 3.56. The van der Waals surface area contributed by atoms with Crippen LogP contribution in [0.1, 0.15) is 0 Å². The highest BCUT2D eigenvalue weighted by Crippen LogP contribution is 2.24. The monoisotopic (exact) mass is 360 g/mol. The number of rotatable bonds is 4. The molecule has 2 N–H and O–H groups in total. The number of aromatic nitrogens is 6. The second kappa shape index (κ2) is 6.20. The van der Waals surface area contributed by atoms with Gasteiger partial charge in [0.15, 0.2) is 5.82 Å². The molecule has 0 bridgehead atoms. The Morgan fingerprint density at radius 3 is 2.81 bits per heavy atom. The van der Waals surface area contributed by atoms with Gasteiger partial charge in [-0.25, -0.2) is 19.6 Å². The lowest BCUT2D eigenvalue weighted by molar-refractivity contribution is -0.120. The maximum absolute atomic E-state index is 12.5. The molecular formula is C18H16N8O. The lowest BCUT2D eigenvalue weighted by Gasteiger charge is -2.38. The van der Waals surface area contributed by atoms with E-state index in [4.69, 9.17) is 0 Å². The summed E-state index contributed by atoms with van der Waals surface area (Å²) in [6.45, 7) is 1.20. The third-order valence-electron chi connectivity index (χ3n) is 4.58. The van der Waals surface area contributed by atoms with Gasteiger partial charge in [0.1, 0.15) is 12.1 Å². The van der Waals surface area contributed by atoms with Crippen LogP contribution in [0.4, 0.5) is 11.8 Å². The van der Waals surface area contributed by atoms with Gasteiger partial charge in [0.2, 0.25) is 11.9 Å². The van der Waals surface area contributed by atoms with Crippen molar-refractivity contribution in [2.45, 2.75) is 0 Å². The SMILES string of the molecule is O=C(Nc1nc2ccccc2[nH]1)C1CN(c2cc(-n3cccn3)ncn2)C1. The number of aromatic amines is 1. The standard InChI is InChI=1S/C18H16N8O/c27-17(24-18-22-13-4-1-2-5-14(13)23-18)12-9-25(10-12)15-8-16(20-11-19-15)26-7-3-6-21-26/h1-8,11-12H,9-10H2,(H2,22,23,24,27). The highest BCUT2D eigenvalue weighted by molar-refractivity contribution is 5.94. The van der Waals surface area contributed by atoms with E-state index in [2.05, 4.69) is 30.4 Å². The van der Waals surface area contributed by atoms with Gasteiger partial charge in [-0.15, -0.1) is 0 Å². The fourth-order valence-electron chi connectivity index (χ4n) is 3.10. The van der Waals surface area contributed by atoms with Gasteiger partial charge >= 0.3 is 0 Å². The predicted octanol–water partition coefficient (Wildman–Crippen LogP) is 1.61. The van der Waals surface area contributed by atoms with Crippen molar-refractivity contribution in [1.82, 2.24) is 29.7 Å². The molecule has 0 spiro atoms. The molecule has 1 aliphatic rings. The summed E-state index contributed by atoms with van der Waals surface area (Å²) in [4.78, 5) is 30.5. The van der Waals surface area contributed by atoms with Crippen LogP contribution in [0.2, 0.25) is 0 Å². The van der Waals surface area contributed by atoms with E-state index in [1.165, 1.54) is 6.33 Å². The van der Waals surface area contributed by atoms with Gasteiger partial charge in [-0.2, -0.15) is 5.10 Å². The van der Waals surface area contributed by atoms with Crippen molar-refractivity contribution < 1.29 is 4.79 Å². The van der Waals surface area contributed by atoms with Gasteiger partial charge in [-0.3, -0.25) is 10.1 Å². The number of fused-ring (bicyclic) bond motifs is 1. The minimum atomic E-state index is -0.110. The van der Waals surface area contributed by atoms with Crippen molar-refractivity contribution in [2.24, 2.45) is 5.92 Å². The molecular weight excluding hydrogens is 344 g/mol. The Labute approximate surface area is 154 Å². The first-order chi connectivity index (χ1) is 13.3. The second-order valence-electron chi connectivity index (χ2n) is 6.38. The molecule has 1 aromatic carbocycles. The molecule has 134 valence electrons. The molecule has 3 aromatic heterocycles. The average Bonchev–Trinajstić information content (AvgIpc) is 3.30. The first kappa shape index (κ1) is 15.5. The number of anilines is 2. The molecule has 0 unspecified atom stereocenters. The molecule has 4 heterocycles. The minimum Gasteiger partial charge on any atom is -0.355 e. The number of amides is 1. The van der Waals surface area contributed by atoms with Crippen LogP contribution in [-0.2, 0) is 4.79 Å². The number of H-pyrrole nitrogens is 1. The number of nitrogens with zero attached hydrogens (tertiary/aromatic N) is 6. The molecule has 1 aliphatic heterocycles. The third kappa shape index (κ3) is 2.88. The number of para-hydroxylation sites is 2. The van der Waals surface area contributed by atoms with Crippen LogP contribution in [0.15, 0.2) is 55.1 Å². The van der Waals surface area contributed by atoms with Crippen molar-refractivity contribution >= 4 is 28.7 Å². The van der Waals surface area contributed by atoms with E-state index >= 15 is 0 Å². The summed E-state index contributed by atoms with van der Waals surface area (Å²) in [5, 5.41) is 7.03. The Morgan fingerprint density at radius 2 is 2.00 bits per heavy atom. The van der Waals surface area contributed by atoms with Gasteiger partial charge in [-0.1, -0.05) is 12.1 Å². The molecule has 0 atom stereocenters. The number of imidazole rings is 1. The van der Waals surface area contributed by atoms with E-state index in [0.29, 0.717) is 24.9 Å². The van der Waals surface area contributed by atoms with Gasteiger partial charge in [0.05, 0.1) is 17.0 Å². The Balaban J connectivity index is 1.24. The van der Waals surface area contributed by atoms with E-state index < -0.39 is 0 Å². The maximum Gasteiger partial charge on any atom is 0.233 e. The van der Waals surface area contributed by atoms with E-state index in [-0.39, 0.29) is 11.8 Å². The smallest absolute Gasteiger partial charge is 0.233 e. The van der Waals surface area contributed by atoms with Gasteiger partial charge < -0.3 is 9.88 Å². The lowest BCUT2D eigenvalue weighted by Crippen LogP contribution is -2.52. The topological polar surface area (TPSA) is 105 Å². The summed E-state index contributed by atoms with van der Waals surface area (Å²) in [6, 6.07) is 11.4. The van der Waals surface area contributed by atoms with E-state index in [1.54, 1.807) is 10.9 Å². The fraction of sp³-hybridized carbons (Fsp3) is 0.167. The zero-order chi connectivity index (χ0) is 18.2. The zero-order valence-corrected chi connectivity index (χ0v) is 14.3. The molecule has 9 heteroatoms. The van der Waals surface area contributed by atoms with Crippen LogP contribution in [0.5, 0.6) is 0 Å². The Hall–Kier alpha value is -3.75. The number of nitrogens with one attached hydrogen (secondary N) is 2. The average molecular weight is 360 g/mol. The van der Waals surface area contributed by atoms with Crippen LogP contribution in [0.3, 0.4) is 0 Å². The number of hydrogen-bond acceptors (Lipinski definition) is 6. The molecule has 5 rings (SSSR count). The van der Waals surface area contributed by atoms with Crippen LogP contribution in [0.25, 0.3) is 16.9 Å². The molecule has 1 fully saturated rings. The fourth-order valence-corrected chi connectivity index (χ4v) is 3.10. The number of carbonyl (C=O) groups excluding carboxylic acids is 1. The largest absolute Gasteiger partial charge is 0.355 e. The molecule has 4 aromatic rings. The molecule has 9 nitrogen and oxygen atoms in total. The lowest BCUT2D eigenvalue weighted by atomic mass is 9.99. The van der Waals surface area contributed by atoms with Crippen molar-refractivity contribution in [2.75, 3.05) is 23.3 Å². The maximum atomic E-state index is 12.5. The van der Waals surface area contributed by atoms with Crippen molar-refractivity contribution in [1.29, 1.82) is 0 Å².